The first-order chi connectivity index (χ1) is 15.7. The fourth-order valence-electron chi connectivity index (χ4n) is 3.71. The third kappa shape index (κ3) is 6.12. The summed E-state index contributed by atoms with van der Waals surface area (Å²) in [5.74, 6) is 5.65. The molecule has 2 fully saturated rings. The first-order valence-electron chi connectivity index (χ1n) is 10.3. The first-order valence-corrected chi connectivity index (χ1v) is 11.8. The topological polar surface area (TPSA) is 172 Å². The van der Waals surface area contributed by atoms with Crippen LogP contribution >= 0.6 is 0 Å². The van der Waals surface area contributed by atoms with Crippen molar-refractivity contribution in [3.05, 3.63) is 36.0 Å². The van der Waals surface area contributed by atoms with E-state index >= 15 is 0 Å². The number of ketones is 1. The summed E-state index contributed by atoms with van der Waals surface area (Å²) in [6.07, 6.45) is 6.58. The van der Waals surface area contributed by atoms with Crippen LogP contribution < -0.4 is 10.5 Å². The summed E-state index contributed by atoms with van der Waals surface area (Å²) < 4.78 is 33.1. The second kappa shape index (κ2) is 9.54. The van der Waals surface area contributed by atoms with Crippen LogP contribution in [0.5, 0.6) is 0 Å². The molecular weight excluding hydrogens is 452 g/mol. The average Bonchev–Trinajstić information content (AvgIpc) is 3.40. The molecule has 1 saturated heterocycles. The molecule has 2 aromatic rings. The Balaban J connectivity index is 1.38. The third-order valence-electron chi connectivity index (χ3n) is 5.42. The SMILES string of the molecule is NS(=O)(=O)OCC1CCC(Nc2ncncc2C(=O)c2ccn(CC#CC3(O)COC3)n2)C1. The van der Waals surface area contributed by atoms with E-state index < -0.39 is 15.9 Å². The zero-order valence-corrected chi connectivity index (χ0v) is 18.5. The van der Waals surface area contributed by atoms with Crippen molar-refractivity contribution in [1.29, 1.82) is 0 Å². The number of aliphatic hydroxyl groups is 1. The Morgan fingerprint density at radius 1 is 1.42 bits per heavy atom. The van der Waals surface area contributed by atoms with Crippen molar-refractivity contribution in [2.45, 2.75) is 37.5 Å². The molecule has 0 bridgehead atoms. The lowest BCUT2D eigenvalue weighted by Gasteiger charge is -2.30. The zero-order chi connectivity index (χ0) is 23.5. The standard InChI is InChI=1S/C20H24N6O6S/c21-33(29,30)32-10-14-2-3-15(8-14)24-19-16(9-22-13-23-19)18(27)17-4-7-26(25-17)6-1-5-20(28)11-31-12-20/h4,7,9,13-15,28H,2-3,6,8,10-12H2,(H2,21,29,30)(H,22,23,24). The van der Waals surface area contributed by atoms with Crippen molar-refractivity contribution >= 4 is 21.9 Å². The van der Waals surface area contributed by atoms with E-state index in [1.807, 2.05) is 0 Å². The number of anilines is 1. The minimum atomic E-state index is -3.97. The lowest BCUT2D eigenvalue weighted by molar-refractivity contribution is -0.140. The van der Waals surface area contributed by atoms with Gasteiger partial charge in [-0.2, -0.15) is 13.5 Å². The van der Waals surface area contributed by atoms with Gasteiger partial charge >= 0.3 is 10.3 Å². The molecule has 13 heteroatoms. The predicted molar refractivity (Wildman–Crippen MR) is 115 cm³/mol. The first kappa shape index (κ1) is 23.3. The van der Waals surface area contributed by atoms with Gasteiger partial charge in [0.05, 0.1) is 25.4 Å². The smallest absolute Gasteiger partial charge is 0.333 e. The predicted octanol–water partition coefficient (Wildman–Crippen LogP) is -0.530. The molecule has 0 radical (unpaired) electrons. The van der Waals surface area contributed by atoms with E-state index in [0.29, 0.717) is 12.2 Å². The van der Waals surface area contributed by atoms with E-state index in [1.165, 1.54) is 17.2 Å². The quantitative estimate of drug-likeness (QED) is 0.332. The molecule has 3 heterocycles. The highest BCUT2D eigenvalue weighted by Gasteiger charge is 2.33. The Bertz CT molecular complexity index is 1180. The van der Waals surface area contributed by atoms with Crippen LogP contribution in [0.15, 0.2) is 24.8 Å². The molecule has 0 spiro atoms. The minimum Gasteiger partial charge on any atom is -0.373 e. The average molecular weight is 477 g/mol. The molecule has 33 heavy (non-hydrogen) atoms. The Kier molecular flexibility index (Phi) is 6.73. The molecule has 2 aliphatic rings. The fraction of sp³-hybridized carbons (Fsp3) is 0.500. The van der Waals surface area contributed by atoms with E-state index in [2.05, 4.69) is 32.2 Å². The number of ether oxygens (including phenoxy) is 1. The summed E-state index contributed by atoms with van der Waals surface area (Å²) >= 11 is 0. The molecule has 4 rings (SSSR count). The van der Waals surface area contributed by atoms with Crippen LogP contribution in [-0.2, 0) is 25.8 Å². The molecule has 1 aliphatic heterocycles. The Morgan fingerprint density at radius 2 is 2.24 bits per heavy atom. The van der Waals surface area contributed by atoms with Crippen LogP contribution in [0.2, 0.25) is 0 Å². The van der Waals surface area contributed by atoms with E-state index in [0.717, 1.165) is 12.8 Å². The summed E-state index contributed by atoms with van der Waals surface area (Å²) in [4.78, 5) is 21.2. The highest BCUT2D eigenvalue weighted by atomic mass is 32.2. The highest BCUT2D eigenvalue weighted by Crippen LogP contribution is 2.29. The number of nitrogens with two attached hydrogens (primary N) is 1. The third-order valence-corrected chi connectivity index (χ3v) is 5.89. The van der Waals surface area contributed by atoms with Gasteiger partial charge in [0.15, 0.2) is 5.60 Å². The summed E-state index contributed by atoms with van der Waals surface area (Å²) in [6, 6.07) is 1.58. The molecule has 2 atom stereocenters. The largest absolute Gasteiger partial charge is 0.373 e. The van der Waals surface area contributed by atoms with Gasteiger partial charge in [-0.05, 0) is 31.2 Å². The fourth-order valence-corrected chi connectivity index (χ4v) is 4.10. The van der Waals surface area contributed by atoms with Crippen molar-refractivity contribution in [3.63, 3.8) is 0 Å². The van der Waals surface area contributed by atoms with Crippen LogP contribution in [0.4, 0.5) is 5.82 Å². The maximum Gasteiger partial charge on any atom is 0.333 e. The van der Waals surface area contributed by atoms with Crippen LogP contribution in [0.25, 0.3) is 0 Å². The summed E-state index contributed by atoms with van der Waals surface area (Å²) in [7, 11) is -3.97. The van der Waals surface area contributed by atoms with Crippen LogP contribution in [0.1, 0.15) is 35.3 Å². The van der Waals surface area contributed by atoms with Gasteiger partial charge in [-0.25, -0.2) is 15.1 Å². The molecule has 2 unspecified atom stereocenters. The summed E-state index contributed by atoms with van der Waals surface area (Å²) in [6.45, 7) is 0.619. The monoisotopic (exact) mass is 476 g/mol. The second-order valence-corrected chi connectivity index (χ2v) is 9.36. The lowest BCUT2D eigenvalue weighted by Crippen LogP contribution is -2.48. The highest BCUT2D eigenvalue weighted by molar-refractivity contribution is 7.84. The molecule has 176 valence electrons. The number of carbonyl (C=O) groups is 1. The number of hydrogen-bond acceptors (Lipinski definition) is 10. The lowest BCUT2D eigenvalue weighted by atomic mass is 10.0. The molecule has 2 aromatic heterocycles. The molecule has 0 aromatic carbocycles. The number of hydrogen-bond donors (Lipinski definition) is 3. The summed E-state index contributed by atoms with van der Waals surface area (Å²) in [5, 5.41) is 22.3. The number of carbonyl (C=O) groups excluding carboxylic acids is 1. The van der Waals surface area contributed by atoms with Crippen molar-refractivity contribution in [3.8, 4) is 11.8 Å². The van der Waals surface area contributed by atoms with Gasteiger partial charge in [-0.15, -0.1) is 0 Å². The van der Waals surface area contributed by atoms with Crippen LogP contribution in [0.3, 0.4) is 0 Å². The van der Waals surface area contributed by atoms with E-state index in [-0.39, 0.29) is 55.4 Å². The van der Waals surface area contributed by atoms with Crippen molar-refractivity contribution in [2.75, 3.05) is 25.1 Å². The van der Waals surface area contributed by atoms with Crippen molar-refractivity contribution < 1.29 is 27.2 Å². The van der Waals surface area contributed by atoms with Gasteiger partial charge in [-0.1, -0.05) is 11.8 Å². The second-order valence-electron chi connectivity index (χ2n) is 8.14. The van der Waals surface area contributed by atoms with Gasteiger partial charge in [0.25, 0.3) is 0 Å². The van der Waals surface area contributed by atoms with Gasteiger partial charge in [0.1, 0.15) is 24.4 Å². The molecule has 1 aliphatic carbocycles. The molecular formula is C20H24N6O6S. The number of rotatable bonds is 8. The van der Waals surface area contributed by atoms with E-state index in [1.54, 1.807) is 12.3 Å². The molecule has 0 amide bonds. The Morgan fingerprint density at radius 3 is 2.97 bits per heavy atom. The maximum absolute atomic E-state index is 13.0. The van der Waals surface area contributed by atoms with Crippen molar-refractivity contribution in [2.24, 2.45) is 11.1 Å². The molecule has 1 saturated carbocycles. The number of nitrogens with zero attached hydrogens (tertiary/aromatic N) is 4. The van der Waals surface area contributed by atoms with Gasteiger partial charge in [0, 0.05) is 18.4 Å². The number of nitrogens with one attached hydrogen (secondary N) is 1. The maximum atomic E-state index is 13.0. The van der Waals surface area contributed by atoms with Crippen molar-refractivity contribution in [1.82, 2.24) is 19.7 Å². The van der Waals surface area contributed by atoms with Crippen LogP contribution in [0, 0.1) is 17.8 Å². The van der Waals surface area contributed by atoms with E-state index in [9.17, 15) is 18.3 Å². The Labute approximate surface area is 190 Å². The van der Waals surface area contributed by atoms with Gasteiger partial charge < -0.3 is 15.2 Å². The molecule has 4 N–H and O–H groups in total. The molecule has 12 nitrogen and oxygen atoms in total. The summed E-state index contributed by atoms with van der Waals surface area (Å²) in [5.41, 5.74) is -0.609. The number of aromatic nitrogens is 4. The minimum absolute atomic E-state index is 0.00496. The normalized spacial score (nSPS) is 21.6. The zero-order valence-electron chi connectivity index (χ0n) is 17.7. The van der Waals surface area contributed by atoms with Gasteiger partial charge in [0.2, 0.25) is 5.78 Å². The van der Waals surface area contributed by atoms with Crippen LogP contribution in [-0.4, -0.2) is 70.5 Å². The van der Waals surface area contributed by atoms with E-state index in [4.69, 9.17) is 14.1 Å². The Hall–Kier alpha value is -2.89. The van der Waals surface area contributed by atoms with Gasteiger partial charge in [-0.3, -0.25) is 13.7 Å².